The lowest BCUT2D eigenvalue weighted by Gasteiger charge is -2.12. The van der Waals surface area contributed by atoms with Gasteiger partial charge in [0, 0.05) is 11.1 Å². The molecule has 0 aromatic heterocycles. The van der Waals surface area contributed by atoms with E-state index in [1.54, 1.807) is 55.5 Å². The number of halogens is 1. The molecule has 190 valence electrons. The summed E-state index contributed by atoms with van der Waals surface area (Å²) in [6, 6.07) is 17.8. The second-order valence-corrected chi connectivity index (χ2v) is 9.74. The van der Waals surface area contributed by atoms with Gasteiger partial charge in [0.2, 0.25) is 0 Å². The standard InChI is InChI=1S/C26H22ClN3O6S/c1-3-36-18-11-9-17(10-12-18)28-26(32)20-14-16-6-4-5-7-19(16)24(25(20)31)30-29-23-15(2)8-13-21(22(23)27)37(33,34)35/h4-14,31H,3H2,1-2H3,(H,28,32)(H,33,34,35). The van der Waals surface area contributed by atoms with Crippen molar-refractivity contribution in [1.29, 1.82) is 0 Å². The van der Waals surface area contributed by atoms with Gasteiger partial charge in [-0.05, 0) is 61.2 Å². The normalized spacial score (nSPS) is 11.7. The molecule has 1 amide bonds. The molecule has 0 unspecified atom stereocenters. The predicted molar refractivity (Wildman–Crippen MR) is 141 cm³/mol. The number of nitrogens with zero attached hydrogens (tertiary/aromatic N) is 2. The second kappa shape index (κ2) is 10.6. The van der Waals surface area contributed by atoms with E-state index in [0.29, 0.717) is 34.4 Å². The second-order valence-electron chi connectivity index (χ2n) is 7.97. The number of phenolic OH excluding ortho intramolecular Hbond substituents is 1. The molecule has 0 bridgehead atoms. The third-order valence-corrected chi connectivity index (χ3v) is 6.86. The fourth-order valence-corrected chi connectivity index (χ4v) is 4.76. The van der Waals surface area contributed by atoms with Crippen LogP contribution < -0.4 is 10.1 Å². The van der Waals surface area contributed by atoms with Crippen LogP contribution in [0.2, 0.25) is 5.02 Å². The number of phenols is 1. The van der Waals surface area contributed by atoms with E-state index in [-0.39, 0.29) is 22.0 Å². The number of carbonyl (C=O) groups is 1. The van der Waals surface area contributed by atoms with E-state index in [9.17, 15) is 22.9 Å². The van der Waals surface area contributed by atoms with Crippen molar-refractivity contribution < 1.29 is 27.6 Å². The molecule has 4 rings (SSSR count). The number of ether oxygens (including phenoxy) is 1. The van der Waals surface area contributed by atoms with Gasteiger partial charge < -0.3 is 15.2 Å². The Morgan fingerprint density at radius 3 is 2.38 bits per heavy atom. The van der Waals surface area contributed by atoms with Gasteiger partial charge in [0.1, 0.15) is 22.0 Å². The smallest absolute Gasteiger partial charge is 0.296 e. The van der Waals surface area contributed by atoms with Crippen LogP contribution >= 0.6 is 11.6 Å². The summed E-state index contributed by atoms with van der Waals surface area (Å²) in [4.78, 5) is 12.6. The highest BCUT2D eigenvalue weighted by atomic mass is 35.5. The van der Waals surface area contributed by atoms with Gasteiger partial charge in [0.25, 0.3) is 16.0 Å². The van der Waals surface area contributed by atoms with Crippen LogP contribution in [-0.4, -0.2) is 30.6 Å². The molecule has 0 heterocycles. The first kappa shape index (κ1) is 26.1. The zero-order valence-electron chi connectivity index (χ0n) is 19.8. The molecular formula is C26H22ClN3O6S. The Kier molecular flexibility index (Phi) is 7.44. The van der Waals surface area contributed by atoms with E-state index in [1.165, 1.54) is 12.1 Å². The maximum atomic E-state index is 13.1. The van der Waals surface area contributed by atoms with Gasteiger partial charge in [-0.25, -0.2) is 0 Å². The number of nitrogens with one attached hydrogen (secondary N) is 1. The van der Waals surface area contributed by atoms with Gasteiger partial charge in [-0.1, -0.05) is 41.9 Å². The van der Waals surface area contributed by atoms with Gasteiger partial charge in [-0.2, -0.15) is 8.42 Å². The number of rotatable bonds is 7. The number of anilines is 1. The average Bonchev–Trinajstić information content (AvgIpc) is 2.85. The number of amides is 1. The molecule has 0 aliphatic carbocycles. The van der Waals surface area contributed by atoms with Crippen LogP contribution in [0.25, 0.3) is 10.8 Å². The summed E-state index contributed by atoms with van der Waals surface area (Å²) in [5, 5.41) is 22.8. The molecule has 0 spiro atoms. The molecule has 0 saturated carbocycles. The SMILES string of the molecule is CCOc1ccc(NC(=O)c2cc3ccccc3c(N=Nc3c(C)ccc(S(=O)(=O)O)c3Cl)c2O)cc1. The monoisotopic (exact) mass is 539 g/mol. The zero-order valence-corrected chi connectivity index (χ0v) is 21.3. The molecule has 0 aliphatic rings. The zero-order chi connectivity index (χ0) is 26.7. The Labute approximate surface area is 218 Å². The molecule has 3 N–H and O–H groups in total. The fraction of sp³-hybridized carbons (Fsp3) is 0.115. The summed E-state index contributed by atoms with van der Waals surface area (Å²) >= 11 is 6.20. The van der Waals surface area contributed by atoms with Gasteiger partial charge in [0.15, 0.2) is 5.75 Å². The number of hydrogen-bond acceptors (Lipinski definition) is 7. The first-order chi connectivity index (χ1) is 17.6. The molecule has 0 atom stereocenters. The Morgan fingerprint density at radius 1 is 1.03 bits per heavy atom. The van der Waals surface area contributed by atoms with Crippen LogP contribution in [0.3, 0.4) is 0 Å². The first-order valence-electron chi connectivity index (χ1n) is 11.1. The molecule has 0 saturated heterocycles. The van der Waals surface area contributed by atoms with E-state index in [0.717, 1.165) is 6.07 Å². The van der Waals surface area contributed by atoms with Crippen molar-refractivity contribution in [3.63, 3.8) is 0 Å². The molecule has 11 heteroatoms. The molecule has 0 fully saturated rings. The number of aromatic hydroxyl groups is 1. The topological polar surface area (TPSA) is 138 Å². The van der Waals surface area contributed by atoms with E-state index in [4.69, 9.17) is 16.3 Å². The van der Waals surface area contributed by atoms with Crippen molar-refractivity contribution in [3.05, 3.63) is 82.9 Å². The van der Waals surface area contributed by atoms with Crippen molar-refractivity contribution >= 4 is 55.5 Å². The van der Waals surface area contributed by atoms with Crippen LogP contribution in [0.5, 0.6) is 11.5 Å². The lowest BCUT2D eigenvalue weighted by molar-refractivity contribution is 0.102. The first-order valence-corrected chi connectivity index (χ1v) is 12.9. The minimum Gasteiger partial charge on any atom is -0.505 e. The van der Waals surface area contributed by atoms with Gasteiger partial charge in [-0.3, -0.25) is 9.35 Å². The molecule has 4 aromatic carbocycles. The Morgan fingerprint density at radius 2 is 1.70 bits per heavy atom. The van der Waals surface area contributed by atoms with Gasteiger partial charge in [-0.15, -0.1) is 10.2 Å². The molecule has 4 aromatic rings. The number of aryl methyl sites for hydroxylation is 1. The Bertz CT molecular complexity index is 1640. The summed E-state index contributed by atoms with van der Waals surface area (Å²) in [5.74, 6) is -0.346. The highest BCUT2D eigenvalue weighted by Gasteiger charge is 2.21. The minimum atomic E-state index is -4.60. The van der Waals surface area contributed by atoms with Crippen LogP contribution in [0.4, 0.5) is 17.1 Å². The van der Waals surface area contributed by atoms with E-state index in [1.807, 2.05) is 6.92 Å². The van der Waals surface area contributed by atoms with Crippen LogP contribution in [0.1, 0.15) is 22.8 Å². The quantitative estimate of drug-likeness (QED) is 0.174. The Balaban J connectivity index is 1.77. The molecule has 9 nitrogen and oxygen atoms in total. The predicted octanol–water partition coefficient (Wildman–Crippen LogP) is 6.82. The molecular weight excluding hydrogens is 518 g/mol. The van der Waals surface area contributed by atoms with Crippen molar-refractivity contribution in [1.82, 2.24) is 0 Å². The summed E-state index contributed by atoms with van der Waals surface area (Å²) < 4.78 is 38.1. The average molecular weight is 540 g/mol. The van der Waals surface area contributed by atoms with Gasteiger partial charge in [0.05, 0.1) is 17.2 Å². The number of fused-ring (bicyclic) bond motifs is 1. The third kappa shape index (κ3) is 5.56. The van der Waals surface area contributed by atoms with E-state index in [2.05, 4.69) is 15.5 Å². The van der Waals surface area contributed by atoms with Crippen molar-refractivity contribution in [3.8, 4) is 11.5 Å². The van der Waals surface area contributed by atoms with Gasteiger partial charge >= 0.3 is 0 Å². The van der Waals surface area contributed by atoms with E-state index >= 15 is 0 Å². The lowest BCUT2D eigenvalue weighted by atomic mass is 10.0. The van der Waals surface area contributed by atoms with Crippen molar-refractivity contribution in [2.45, 2.75) is 18.7 Å². The maximum absolute atomic E-state index is 13.1. The molecule has 0 radical (unpaired) electrons. The van der Waals surface area contributed by atoms with Crippen LogP contribution in [0.15, 0.2) is 81.9 Å². The molecule has 0 aliphatic heterocycles. The third-order valence-electron chi connectivity index (χ3n) is 5.47. The van der Waals surface area contributed by atoms with Crippen molar-refractivity contribution in [2.24, 2.45) is 10.2 Å². The minimum absolute atomic E-state index is 0.00971. The van der Waals surface area contributed by atoms with E-state index < -0.39 is 26.7 Å². The number of hydrogen-bond donors (Lipinski definition) is 3. The largest absolute Gasteiger partial charge is 0.505 e. The molecule has 37 heavy (non-hydrogen) atoms. The summed E-state index contributed by atoms with van der Waals surface area (Å²) in [6.45, 7) is 4.01. The van der Waals surface area contributed by atoms with Crippen LogP contribution in [-0.2, 0) is 10.1 Å². The highest BCUT2D eigenvalue weighted by molar-refractivity contribution is 7.86. The number of benzene rings is 4. The lowest BCUT2D eigenvalue weighted by Crippen LogP contribution is -2.12. The maximum Gasteiger partial charge on any atom is 0.296 e. The summed E-state index contributed by atoms with van der Waals surface area (Å²) in [7, 11) is -4.60. The number of carbonyl (C=O) groups excluding carboxylic acids is 1. The highest BCUT2D eigenvalue weighted by Crippen LogP contribution is 2.41. The fourth-order valence-electron chi connectivity index (χ4n) is 3.66. The summed E-state index contributed by atoms with van der Waals surface area (Å²) in [6.07, 6.45) is 0. The van der Waals surface area contributed by atoms with Crippen LogP contribution in [0, 0.1) is 6.92 Å². The van der Waals surface area contributed by atoms with Crippen molar-refractivity contribution in [2.75, 3.05) is 11.9 Å². The summed E-state index contributed by atoms with van der Waals surface area (Å²) in [5.41, 5.74) is 0.909. The Hall–Kier alpha value is -3.99. The number of azo groups is 1.